The van der Waals surface area contributed by atoms with Crippen LogP contribution in [-0.2, 0) is 20.6 Å². The van der Waals surface area contributed by atoms with Gasteiger partial charge in [-0.1, -0.05) is 5.16 Å². The van der Waals surface area contributed by atoms with E-state index in [9.17, 15) is 22.9 Å². The molecule has 2 aromatic heterocycles. The monoisotopic (exact) mass is 590 g/mol. The van der Waals surface area contributed by atoms with Gasteiger partial charge >= 0.3 is 5.88 Å². The smallest absolute Gasteiger partial charge is 0.401 e. The Bertz CT molecular complexity index is 1380. The van der Waals surface area contributed by atoms with Crippen LogP contribution in [0.5, 0.6) is 0 Å². The van der Waals surface area contributed by atoms with Crippen molar-refractivity contribution in [1.82, 2.24) is 15.0 Å². The number of nitrogens with two attached hydrogens (primary N) is 1. The van der Waals surface area contributed by atoms with Crippen LogP contribution in [0.4, 0.5) is 21.8 Å². The van der Waals surface area contributed by atoms with E-state index < -0.39 is 32.4 Å². The number of furan rings is 1. The number of aromatic nitrogens is 2. The predicted octanol–water partition coefficient (Wildman–Crippen LogP) is 2.40. The fraction of sp³-hybridized carbons (Fsp3) is 0.278. The molecule has 15 nitrogen and oxygen atoms in total. The Balaban J connectivity index is 1.88. The zero-order valence-corrected chi connectivity index (χ0v) is 21.1. The molecule has 36 heavy (non-hydrogen) atoms. The molecule has 1 aromatic carbocycles. The van der Waals surface area contributed by atoms with Gasteiger partial charge in [0.2, 0.25) is 11.7 Å². The zero-order valence-electron chi connectivity index (χ0n) is 18.7. The maximum Gasteiger partial charge on any atom is 0.433 e. The molecule has 0 unspecified atom stereocenters. The second kappa shape index (κ2) is 11.0. The van der Waals surface area contributed by atoms with E-state index in [0.717, 1.165) is 0 Å². The Hall–Kier alpha value is -3.61. The highest BCUT2D eigenvalue weighted by molar-refractivity contribution is 9.10. The Morgan fingerprint density at radius 1 is 1.31 bits per heavy atom. The Kier molecular flexibility index (Phi) is 8.23. The van der Waals surface area contributed by atoms with Crippen molar-refractivity contribution >= 4 is 49.4 Å². The van der Waals surface area contributed by atoms with Gasteiger partial charge in [-0.2, -0.15) is 8.42 Å². The lowest BCUT2D eigenvalue weighted by Gasteiger charge is -2.20. The Morgan fingerprint density at radius 3 is 2.69 bits per heavy atom. The van der Waals surface area contributed by atoms with Crippen molar-refractivity contribution in [3.63, 3.8) is 0 Å². The summed E-state index contributed by atoms with van der Waals surface area (Å²) in [4.78, 5) is 15.9. The molecule has 0 spiro atoms. The molecule has 0 aliphatic heterocycles. The Morgan fingerprint density at radius 2 is 2.06 bits per heavy atom. The van der Waals surface area contributed by atoms with E-state index in [1.807, 2.05) is 0 Å². The minimum atomic E-state index is -3.89. The molecule has 3 aromatic rings. The van der Waals surface area contributed by atoms with Crippen LogP contribution >= 0.6 is 15.9 Å². The van der Waals surface area contributed by atoms with Crippen LogP contribution in [0, 0.1) is 15.9 Å². The SMILES string of the molecule is CC(C)(O/N=C(\Nc1ccc(F)c(Br)c1)c1nonc1NCCNS(N)(=O)=O)c1ccc([N+](=O)[O-])o1. The summed E-state index contributed by atoms with van der Waals surface area (Å²) < 4.78 is 48.0. The highest BCUT2D eigenvalue weighted by Gasteiger charge is 2.30. The van der Waals surface area contributed by atoms with Crippen LogP contribution in [0.25, 0.3) is 0 Å². The summed E-state index contributed by atoms with van der Waals surface area (Å²) >= 11 is 3.09. The quantitative estimate of drug-likeness (QED) is 0.0835. The fourth-order valence-corrected chi connectivity index (χ4v) is 3.39. The van der Waals surface area contributed by atoms with Crippen LogP contribution in [-0.4, -0.2) is 42.6 Å². The number of anilines is 2. The van der Waals surface area contributed by atoms with Gasteiger partial charge in [0.05, 0.1) is 10.5 Å². The van der Waals surface area contributed by atoms with Crippen molar-refractivity contribution in [1.29, 1.82) is 0 Å². The number of hydrogen-bond acceptors (Lipinski definition) is 11. The van der Waals surface area contributed by atoms with Gasteiger partial charge in [-0.3, -0.25) is 10.1 Å². The molecule has 0 saturated carbocycles. The van der Waals surface area contributed by atoms with Crippen LogP contribution in [0.15, 0.2) is 49.0 Å². The molecule has 0 fully saturated rings. The number of nitro groups is 1. The van der Waals surface area contributed by atoms with Crippen molar-refractivity contribution in [2.75, 3.05) is 23.7 Å². The van der Waals surface area contributed by atoms with E-state index in [2.05, 4.69) is 46.8 Å². The summed E-state index contributed by atoms with van der Waals surface area (Å²) in [5, 5.41) is 33.2. The molecule has 194 valence electrons. The highest BCUT2D eigenvalue weighted by atomic mass is 79.9. The third-order valence-corrected chi connectivity index (χ3v) is 5.56. The van der Waals surface area contributed by atoms with Gasteiger partial charge in [0.1, 0.15) is 10.7 Å². The van der Waals surface area contributed by atoms with Crippen LogP contribution < -0.4 is 20.5 Å². The number of oxime groups is 1. The molecule has 0 bridgehead atoms. The zero-order chi connectivity index (χ0) is 26.5. The van der Waals surface area contributed by atoms with Gasteiger partial charge in [0.25, 0.3) is 10.2 Å². The normalized spacial score (nSPS) is 12.4. The van der Waals surface area contributed by atoms with E-state index in [0.29, 0.717) is 5.69 Å². The molecule has 0 saturated heterocycles. The second-order valence-electron chi connectivity index (χ2n) is 7.52. The van der Waals surface area contributed by atoms with E-state index in [-0.39, 0.29) is 40.7 Å². The molecule has 5 N–H and O–H groups in total. The second-order valence-corrected chi connectivity index (χ2v) is 9.75. The number of hydrogen-bond donors (Lipinski definition) is 4. The number of rotatable bonds is 11. The first-order chi connectivity index (χ1) is 16.9. The molecule has 0 aliphatic rings. The van der Waals surface area contributed by atoms with E-state index >= 15 is 0 Å². The minimum absolute atomic E-state index is 0.0206. The molecule has 18 heteroatoms. The van der Waals surface area contributed by atoms with Crippen molar-refractivity contribution in [3.8, 4) is 0 Å². The van der Waals surface area contributed by atoms with Crippen molar-refractivity contribution in [2.45, 2.75) is 19.4 Å². The molecule has 0 radical (unpaired) electrons. The Labute approximate surface area is 211 Å². The van der Waals surface area contributed by atoms with Crippen molar-refractivity contribution in [2.24, 2.45) is 10.3 Å². The van der Waals surface area contributed by atoms with Crippen LogP contribution in [0.1, 0.15) is 25.3 Å². The molecule has 0 aliphatic carbocycles. The van der Waals surface area contributed by atoms with Gasteiger partial charge in [-0.25, -0.2) is 18.9 Å². The topological polar surface area (TPSA) is 213 Å². The van der Waals surface area contributed by atoms with Crippen LogP contribution in [0.3, 0.4) is 0 Å². The molecule has 3 rings (SSSR count). The summed E-state index contributed by atoms with van der Waals surface area (Å²) in [7, 11) is -3.89. The van der Waals surface area contributed by atoms with Gasteiger partial charge in [-0.05, 0) is 64.4 Å². The largest absolute Gasteiger partial charge is 0.433 e. The van der Waals surface area contributed by atoms with Gasteiger partial charge in [-0.15, -0.1) is 0 Å². The van der Waals surface area contributed by atoms with Crippen molar-refractivity contribution < 1.29 is 31.6 Å². The molecule has 2 heterocycles. The van der Waals surface area contributed by atoms with E-state index in [1.165, 1.54) is 30.3 Å². The number of benzene rings is 1. The fourth-order valence-electron chi connectivity index (χ4n) is 2.62. The molecule has 0 atom stereocenters. The molecular weight excluding hydrogens is 571 g/mol. The predicted molar refractivity (Wildman–Crippen MR) is 128 cm³/mol. The first-order valence-corrected chi connectivity index (χ1v) is 12.3. The lowest BCUT2D eigenvalue weighted by molar-refractivity contribution is -0.402. The lowest BCUT2D eigenvalue weighted by atomic mass is 10.1. The third kappa shape index (κ3) is 7.20. The van der Waals surface area contributed by atoms with Gasteiger partial charge < -0.3 is 19.9 Å². The maximum absolute atomic E-state index is 13.7. The summed E-state index contributed by atoms with van der Waals surface area (Å²) in [6.07, 6.45) is 0. The lowest BCUT2D eigenvalue weighted by Crippen LogP contribution is -2.34. The summed E-state index contributed by atoms with van der Waals surface area (Å²) in [6, 6.07) is 6.62. The highest BCUT2D eigenvalue weighted by Crippen LogP contribution is 2.30. The van der Waals surface area contributed by atoms with Crippen LogP contribution in [0.2, 0.25) is 0 Å². The standard InChI is InChI=1S/C18H20BrFN8O7S/c1-18(2,13-5-6-14(33-13)28(29)30)34-26-17(24-10-3-4-12(20)11(19)9-10)15-16(27-35-25-15)22-7-8-23-36(21,31)32/h3-6,9,23H,7-8H2,1-2H3,(H,22,27)(H,24,26)(H2,21,31,32). The number of nitrogens with zero attached hydrogens (tertiary/aromatic N) is 4. The first kappa shape index (κ1) is 27.0. The third-order valence-electron chi connectivity index (χ3n) is 4.35. The number of halogens is 2. The summed E-state index contributed by atoms with van der Waals surface area (Å²) in [5.74, 6) is -0.837. The van der Waals surface area contributed by atoms with Crippen molar-refractivity contribution in [3.05, 3.63) is 62.2 Å². The maximum atomic E-state index is 13.7. The first-order valence-electron chi connectivity index (χ1n) is 9.93. The average Bonchev–Trinajstić information content (AvgIpc) is 3.46. The van der Waals surface area contributed by atoms with E-state index in [1.54, 1.807) is 13.8 Å². The van der Waals surface area contributed by atoms with E-state index in [4.69, 9.17) is 19.0 Å². The summed E-state index contributed by atoms with van der Waals surface area (Å²) in [5.41, 5.74) is -0.872. The van der Waals surface area contributed by atoms with Gasteiger partial charge in [0, 0.05) is 18.8 Å². The summed E-state index contributed by atoms with van der Waals surface area (Å²) in [6.45, 7) is 3.10. The molecular formula is C18H20BrFN8O7S. The minimum Gasteiger partial charge on any atom is -0.401 e. The number of nitrogens with one attached hydrogen (secondary N) is 3. The molecule has 0 amide bonds. The average molecular weight is 591 g/mol. The number of amidine groups is 1. The van der Waals surface area contributed by atoms with Gasteiger partial charge in [0.15, 0.2) is 17.1 Å².